The summed E-state index contributed by atoms with van der Waals surface area (Å²) in [6, 6.07) is 2.75. The summed E-state index contributed by atoms with van der Waals surface area (Å²) < 4.78 is 0. The molecule has 1 aromatic rings. The normalized spacial score (nSPS) is 24.5. The van der Waals surface area contributed by atoms with Gasteiger partial charge in [-0.05, 0) is 38.3 Å². The molecule has 4 heteroatoms. The van der Waals surface area contributed by atoms with Gasteiger partial charge in [-0.15, -0.1) is 0 Å². The van der Waals surface area contributed by atoms with Gasteiger partial charge in [0.1, 0.15) is 0 Å². The molecule has 0 bridgehead atoms. The molecule has 0 amide bonds. The molecule has 1 aromatic heterocycles. The minimum Gasteiger partial charge on any atom is -0.368 e. The number of anilines is 1. The summed E-state index contributed by atoms with van der Waals surface area (Å²) >= 11 is 0. The van der Waals surface area contributed by atoms with Gasteiger partial charge >= 0.3 is 0 Å². The Balaban J connectivity index is 2.21. The van der Waals surface area contributed by atoms with Crippen LogP contribution in [0.5, 0.6) is 0 Å². The number of nitrogens with zero attached hydrogens (tertiary/aromatic N) is 2. The standard InChI is InChI=1S/C13H22N4/c1-8(2)11-7-12(17-13(14)16-11)9-4-5-10(6-9)15-3/h7-10,15H,4-6H2,1-3H3,(H2,14,16,17)/t9?,10-/m1/s1. The number of hydrogen-bond donors (Lipinski definition) is 2. The van der Waals surface area contributed by atoms with E-state index in [1.54, 1.807) is 0 Å². The summed E-state index contributed by atoms with van der Waals surface area (Å²) in [6.07, 6.45) is 3.58. The van der Waals surface area contributed by atoms with Crippen LogP contribution in [0.1, 0.15) is 56.3 Å². The Kier molecular flexibility index (Phi) is 3.62. The van der Waals surface area contributed by atoms with Crippen molar-refractivity contribution in [1.82, 2.24) is 15.3 Å². The third-order valence-corrected chi connectivity index (χ3v) is 3.63. The Morgan fingerprint density at radius 2 is 2.12 bits per heavy atom. The number of rotatable bonds is 3. The molecule has 1 unspecified atom stereocenters. The van der Waals surface area contributed by atoms with Gasteiger partial charge in [0.05, 0.1) is 0 Å². The van der Waals surface area contributed by atoms with Crippen molar-refractivity contribution in [3.63, 3.8) is 0 Å². The summed E-state index contributed by atoms with van der Waals surface area (Å²) in [4.78, 5) is 8.70. The molecule has 3 N–H and O–H groups in total. The van der Waals surface area contributed by atoms with Gasteiger partial charge in [-0.2, -0.15) is 0 Å². The maximum absolute atomic E-state index is 5.79. The van der Waals surface area contributed by atoms with Crippen molar-refractivity contribution in [2.45, 2.75) is 51.0 Å². The van der Waals surface area contributed by atoms with Gasteiger partial charge in [-0.3, -0.25) is 0 Å². The summed E-state index contributed by atoms with van der Waals surface area (Å²) in [5.74, 6) is 1.36. The first-order valence-corrected chi connectivity index (χ1v) is 6.41. The largest absolute Gasteiger partial charge is 0.368 e. The van der Waals surface area contributed by atoms with Crippen LogP contribution in [0.25, 0.3) is 0 Å². The molecule has 1 heterocycles. The minimum absolute atomic E-state index is 0.403. The van der Waals surface area contributed by atoms with Crippen LogP contribution in [0.2, 0.25) is 0 Å². The van der Waals surface area contributed by atoms with Crippen LogP contribution >= 0.6 is 0 Å². The van der Waals surface area contributed by atoms with Crippen molar-refractivity contribution in [2.75, 3.05) is 12.8 Å². The monoisotopic (exact) mass is 234 g/mol. The lowest BCUT2D eigenvalue weighted by molar-refractivity contribution is 0.568. The van der Waals surface area contributed by atoms with E-state index in [0.717, 1.165) is 17.8 Å². The van der Waals surface area contributed by atoms with Crippen molar-refractivity contribution < 1.29 is 0 Å². The zero-order valence-corrected chi connectivity index (χ0v) is 10.9. The van der Waals surface area contributed by atoms with Crippen LogP contribution in [-0.4, -0.2) is 23.1 Å². The van der Waals surface area contributed by atoms with E-state index in [-0.39, 0.29) is 0 Å². The van der Waals surface area contributed by atoms with Crippen molar-refractivity contribution >= 4 is 5.95 Å². The fourth-order valence-electron chi connectivity index (χ4n) is 2.52. The molecule has 2 rings (SSSR count). The molecule has 1 aliphatic carbocycles. The molecule has 17 heavy (non-hydrogen) atoms. The Morgan fingerprint density at radius 1 is 1.35 bits per heavy atom. The SMILES string of the molecule is CN[C@@H]1CCC(c2cc(C(C)C)nc(N)n2)C1. The zero-order chi connectivity index (χ0) is 12.4. The van der Waals surface area contributed by atoms with Gasteiger partial charge in [0.25, 0.3) is 0 Å². The highest BCUT2D eigenvalue weighted by molar-refractivity contribution is 5.27. The van der Waals surface area contributed by atoms with Crippen molar-refractivity contribution in [3.8, 4) is 0 Å². The van der Waals surface area contributed by atoms with Crippen molar-refractivity contribution in [3.05, 3.63) is 17.5 Å². The van der Waals surface area contributed by atoms with Gasteiger partial charge in [0.15, 0.2) is 0 Å². The lowest BCUT2D eigenvalue weighted by Gasteiger charge is -2.13. The molecule has 1 saturated carbocycles. The van der Waals surface area contributed by atoms with Crippen LogP contribution in [0.3, 0.4) is 0 Å². The highest BCUT2D eigenvalue weighted by Gasteiger charge is 2.26. The quantitative estimate of drug-likeness (QED) is 0.840. The molecule has 0 spiro atoms. The van der Waals surface area contributed by atoms with Crippen LogP contribution < -0.4 is 11.1 Å². The second kappa shape index (κ2) is 5.00. The van der Waals surface area contributed by atoms with Gasteiger partial charge < -0.3 is 11.1 Å². The third kappa shape index (κ3) is 2.75. The zero-order valence-electron chi connectivity index (χ0n) is 10.9. The molecule has 0 aromatic carbocycles. The van der Waals surface area contributed by atoms with E-state index in [1.165, 1.54) is 12.8 Å². The third-order valence-electron chi connectivity index (χ3n) is 3.63. The molecule has 0 aliphatic heterocycles. The van der Waals surface area contributed by atoms with Crippen molar-refractivity contribution in [1.29, 1.82) is 0 Å². The first kappa shape index (κ1) is 12.3. The Morgan fingerprint density at radius 3 is 2.71 bits per heavy atom. The summed E-state index contributed by atoms with van der Waals surface area (Å²) in [6.45, 7) is 4.27. The van der Waals surface area contributed by atoms with E-state index in [4.69, 9.17) is 5.73 Å². The number of nitrogens with one attached hydrogen (secondary N) is 1. The minimum atomic E-state index is 0.403. The van der Waals surface area contributed by atoms with Gasteiger partial charge in [-0.1, -0.05) is 13.8 Å². The van der Waals surface area contributed by atoms with Crippen LogP contribution in [-0.2, 0) is 0 Å². The fourth-order valence-corrected chi connectivity index (χ4v) is 2.52. The first-order chi connectivity index (χ1) is 8.10. The molecule has 4 nitrogen and oxygen atoms in total. The maximum Gasteiger partial charge on any atom is 0.220 e. The highest BCUT2D eigenvalue weighted by Crippen LogP contribution is 2.34. The second-order valence-corrected chi connectivity index (χ2v) is 5.23. The molecule has 2 atom stereocenters. The average Bonchev–Trinajstić information content (AvgIpc) is 2.76. The molecule has 1 fully saturated rings. The molecule has 0 radical (unpaired) electrons. The summed E-state index contributed by atoms with van der Waals surface area (Å²) in [5.41, 5.74) is 7.97. The lowest BCUT2D eigenvalue weighted by atomic mass is 10.0. The lowest BCUT2D eigenvalue weighted by Crippen LogP contribution is -2.21. The number of nitrogens with two attached hydrogens (primary N) is 1. The number of aromatic nitrogens is 2. The van der Waals surface area contributed by atoms with Crippen LogP contribution in [0.15, 0.2) is 6.07 Å². The fraction of sp³-hybridized carbons (Fsp3) is 0.692. The Labute approximate surface area is 103 Å². The van der Waals surface area contributed by atoms with E-state index in [2.05, 4.69) is 35.2 Å². The van der Waals surface area contributed by atoms with E-state index in [0.29, 0.717) is 23.8 Å². The van der Waals surface area contributed by atoms with Gasteiger partial charge in [-0.25, -0.2) is 9.97 Å². The van der Waals surface area contributed by atoms with E-state index >= 15 is 0 Å². The predicted molar refractivity (Wildman–Crippen MR) is 70.0 cm³/mol. The van der Waals surface area contributed by atoms with Gasteiger partial charge in [0.2, 0.25) is 5.95 Å². The Bertz CT molecular complexity index is 389. The average molecular weight is 234 g/mol. The highest BCUT2D eigenvalue weighted by atomic mass is 15.0. The molecule has 94 valence electrons. The van der Waals surface area contributed by atoms with E-state index in [9.17, 15) is 0 Å². The van der Waals surface area contributed by atoms with E-state index in [1.807, 2.05) is 7.05 Å². The van der Waals surface area contributed by atoms with Crippen LogP contribution in [0, 0.1) is 0 Å². The predicted octanol–water partition coefficient (Wildman–Crippen LogP) is 2.04. The molecular weight excluding hydrogens is 212 g/mol. The summed E-state index contributed by atoms with van der Waals surface area (Å²) in [7, 11) is 2.03. The number of hydrogen-bond acceptors (Lipinski definition) is 4. The Hall–Kier alpha value is -1.16. The second-order valence-electron chi connectivity index (χ2n) is 5.23. The van der Waals surface area contributed by atoms with Crippen LogP contribution in [0.4, 0.5) is 5.95 Å². The maximum atomic E-state index is 5.79. The smallest absolute Gasteiger partial charge is 0.220 e. The molecule has 0 saturated heterocycles. The van der Waals surface area contributed by atoms with Crippen molar-refractivity contribution in [2.24, 2.45) is 0 Å². The summed E-state index contributed by atoms with van der Waals surface area (Å²) in [5, 5.41) is 3.34. The first-order valence-electron chi connectivity index (χ1n) is 6.41. The van der Waals surface area contributed by atoms with E-state index < -0.39 is 0 Å². The topological polar surface area (TPSA) is 63.8 Å². The molecular formula is C13H22N4. The molecule has 1 aliphatic rings. The number of nitrogen functional groups attached to an aromatic ring is 1. The van der Waals surface area contributed by atoms with Gasteiger partial charge in [0, 0.05) is 23.3 Å².